The van der Waals surface area contributed by atoms with Gasteiger partial charge in [-0.15, -0.1) is 11.6 Å². The van der Waals surface area contributed by atoms with Crippen molar-refractivity contribution in [1.82, 2.24) is 9.55 Å². The number of nitrogens with zero attached hydrogens (tertiary/aromatic N) is 2. The van der Waals surface area contributed by atoms with E-state index in [-0.39, 0.29) is 44.7 Å². The summed E-state index contributed by atoms with van der Waals surface area (Å²) in [5, 5.41) is -0.0989. The van der Waals surface area contributed by atoms with E-state index in [0.717, 1.165) is 0 Å². The summed E-state index contributed by atoms with van der Waals surface area (Å²) in [6.07, 6.45) is 3.60. The Labute approximate surface area is 240 Å². The van der Waals surface area contributed by atoms with Gasteiger partial charge in [-0.05, 0) is 36.4 Å². The van der Waals surface area contributed by atoms with E-state index < -0.39 is 34.0 Å². The predicted octanol–water partition coefficient (Wildman–Crippen LogP) is 4.58. The van der Waals surface area contributed by atoms with Crippen LogP contribution in [0.15, 0.2) is 64.9 Å². The molecule has 0 aliphatic heterocycles. The van der Waals surface area contributed by atoms with Crippen LogP contribution in [0.1, 0.15) is 13.8 Å². The number of benzene rings is 2. The number of carbonyl (C=O) groups excluding carboxylic acids is 2. The van der Waals surface area contributed by atoms with Crippen molar-refractivity contribution in [3.05, 3.63) is 65.2 Å². The highest BCUT2D eigenvalue weighted by molar-refractivity contribution is 7.91. The molecule has 0 aliphatic carbocycles. The third-order valence-corrected chi connectivity index (χ3v) is 7.73. The van der Waals surface area contributed by atoms with E-state index in [1.165, 1.54) is 50.2 Å². The highest BCUT2D eigenvalue weighted by atomic mass is 35.5. The van der Waals surface area contributed by atoms with Crippen molar-refractivity contribution in [2.24, 2.45) is 0 Å². The Bertz CT molecular complexity index is 1360. The molecule has 0 amide bonds. The maximum Gasteiger partial charge on any atom is 0.303 e. The molecule has 1 aromatic heterocycles. The van der Waals surface area contributed by atoms with Crippen molar-refractivity contribution in [1.29, 1.82) is 0 Å². The zero-order valence-corrected chi connectivity index (χ0v) is 24.0. The number of alkyl halides is 1. The molecule has 0 fully saturated rings. The molecule has 0 spiro atoms. The SMILES string of the molecule is CC(=O)O[C@H](CCl)COc1c(Cl)cc(S(=O)(=O)c2ccc(OC[C@@H](Cn3ccnc3)OC(C)=O)cc2)cc1Cl. The minimum absolute atomic E-state index is 0.0178. The van der Waals surface area contributed by atoms with E-state index in [0.29, 0.717) is 12.3 Å². The van der Waals surface area contributed by atoms with Gasteiger partial charge in [-0.2, -0.15) is 0 Å². The normalized spacial score (nSPS) is 12.8. The van der Waals surface area contributed by atoms with Crippen LogP contribution in [0, 0.1) is 0 Å². The Morgan fingerprint density at radius 3 is 2.05 bits per heavy atom. The van der Waals surface area contributed by atoms with E-state index in [9.17, 15) is 18.0 Å². The fourth-order valence-electron chi connectivity index (χ4n) is 3.38. The summed E-state index contributed by atoms with van der Waals surface area (Å²) >= 11 is 18.3. The number of hydrogen-bond acceptors (Lipinski definition) is 9. The van der Waals surface area contributed by atoms with Crippen LogP contribution < -0.4 is 9.47 Å². The van der Waals surface area contributed by atoms with Crippen LogP contribution in [-0.2, 0) is 35.4 Å². The molecule has 3 rings (SSSR count). The van der Waals surface area contributed by atoms with Crippen molar-refractivity contribution in [2.45, 2.75) is 42.4 Å². The zero-order chi connectivity index (χ0) is 28.6. The van der Waals surface area contributed by atoms with Crippen molar-refractivity contribution < 1.29 is 37.0 Å². The molecule has 0 aliphatic rings. The van der Waals surface area contributed by atoms with Crippen molar-refractivity contribution in [3.63, 3.8) is 0 Å². The molecule has 0 N–H and O–H groups in total. The van der Waals surface area contributed by atoms with E-state index in [2.05, 4.69) is 4.98 Å². The first-order valence-corrected chi connectivity index (χ1v) is 14.2. The Kier molecular flexibility index (Phi) is 10.9. The van der Waals surface area contributed by atoms with Crippen LogP contribution in [-0.4, -0.2) is 61.2 Å². The summed E-state index contributed by atoms with van der Waals surface area (Å²) < 4.78 is 49.7. The summed E-state index contributed by atoms with van der Waals surface area (Å²) in [6.45, 7) is 2.79. The molecule has 0 unspecified atom stereocenters. The Hall–Kier alpha value is -2.99. The lowest BCUT2D eigenvalue weighted by molar-refractivity contribution is -0.148. The first-order chi connectivity index (χ1) is 18.5. The summed E-state index contributed by atoms with van der Waals surface area (Å²) in [5.74, 6) is -0.602. The third-order valence-electron chi connectivity index (χ3n) is 5.08. The van der Waals surface area contributed by atoms with Gasteiger partial charge < -0.3 is 23.5 Å². The lowest BCUT2D eigenvalue weighted by Gasteiger charge is -2.18. The summed E-state index contributed by atoms with van der Waals surface area (Å²) in [4.78, 5) is 26.4. The molecule has 0 bridgehead atoms. The number of sulfone groups is 1. The van der Waals surface area contributed by atoms with Gasteiger partial charge in [-0.1, -0.05) is 23.2 Å². The van der Waals surface area contributed by atoms with Gasteiger partial charge in [0.25, 0.3) is 0 Å². The molecule has 10 nitrogen and oxygen atoms in total. The van der Waals surface area contributed by atoms with Crippen LogP contribution >= 0.6 is 34.8 Å². The van der Waals surface area contributed by atoms with Crippen LogP contribution in [0.2, 0.25) is 10.0 Å². The van der Waals surface area contributed by atoms with Gasteiger partial charge in [-0.25, -0.2) is 13.4 Å². The van der Waals surface area contributed by atoms with Gasteiger partial charge in [0.1, 0.15) is 25.1 Å². The van der Waals surface area contributed by atoms with Crippen molar-refractivity contribution in [3.8, 4) is 11.5 Å². The van der Waals surface area contributed by atoms with E-state index in [1.807, 2.05) is 0 Å². The monoisotopic (exact) mass is 618 g/mol. The molecule has 1 heterocycles. The summed E-state index contributed by atoms with van der Waals surface area (Å²) in [6, 6.07) is 8.14. The average Bonchev–Trinajstić information content (AvgIpc) is 3.38. The van der Waals surface area contributed by atoms with Crippen LogP contribution in [0.4, 0.5) is 0 Å². The van der Waals surface area contributed by atoms with Crippen LogP contribution in [0.3, 0.4) is 0 Å². The Morgan fingerprint density at radius 2 is 1.51 bits per heavy atom. The Balaban J connectivity index is 1.69. The molecule has 0 radical (unpaired) electrons. The van der Waals surface area contributed by atoms with E-state index >= 15 is 0 Å². The molecule has 14 heteroatoms. The second kappa shape index (κ2) is 13.9. The first-order valence-electron chi connectivity index (χ1n) is 11.5. The second-order valence-electron chi connectivity index (χ2n) is 8.19. The minimum atomic E-state index is -4.00. The van der Waals surface area contributed by atoms with Crippen LogP contribution in [0.5, 0.6) is 11.5 Å². The maximum atomic E-state index is 13.2. The number of hydrogen-bond donors (Lipinski definition) is 0. The summed E-state index contributed by atoms with van der Waals surface area (Å²) in [7, 11) is -4.00. The number of carbonyl (C=O) groups is 2. The molecular weight excluding hydrogens is 595 g/mol. The number of ether oxygens (including phenoxy) is 4. The molecule has 39 heavy (non-hydrogen) atoms. The fourth-order valence-corrected chi connectivity index (χ4v) is 5.57. The van der Waals surface area contributed by atoms with Gasteiger partial charge in [0, 0.05) is 26.2 Å². The third kappa shape index (κ3) is 8.76. The molecule has 3 aromatic rings. The minimum Gasteiger partial charge on any atom is -0.490 e. The lowest BCUT2D eigenvalue weighted by Crippen LogP contribution is -2.28. The number of aromatic nitrogens is 2. The number of imidazole rings is 1. The lowest BCUT2D eigenvalue weighted by atomic mass is 10.3. The number of halogens is 3. The van der Waals surface area contributed by atoms with Gasteiger partial charge in [0.05, 0.1) is 38.6 Å². The smallest absolute Gasteiger partial charge is 0.303 e. The maximum absolute atomic E-state index is 13.2. The van der Waals surface area contributed by atoms with Gasteiger partial charge >= 0.3 is 11.9 Å². The molecule has 210 valence electrons. The topological polar surface area (TPSA) is 123 Å². The number of rotatable bonds is 13. The van der Waals surface area contributed by atoms with Crippen molar-refractivity contribution in [2.75, 3.05) is 19.1 Å². The van der Waals surface area contributed by atoms with Crippen molar-refractivity contribution >= 4 is 56.6 Å². The molecule has 2 aromatic carbocycles. The zero-order valence-electron chi connectivity index (χ0n) is 20.9. The predicted molar refractivity (Wildman–Crippen MR) is 143 cm³/mol. The largest absolute Gasteiger partial charge is 0.490 e. The highest BCUT2D eigenvalue weighted by Crippen LogP contribution is 2.37. The molecule has 0 saturated carbocycles. The fraction of sp³-hybridized carbons (Fsp3) is 0.320. The Morgan fingerprint density at radius 1 is 0.923 bits per heavy atom. The van der Waals surface area contributed by atoms with Gasteiger partial charge in [0.15, 0.2) is 11.9 Å². The molecule has 0 saturated heterocycles. The quantitative estimate of drug-likeness (QED) is 0.200. The molecule has 2 atom stereocenters. The molecular formula is C25H25Cl3N2O8S. The van der Waals surface area contributed by atoms with Gasteiger partial charge in [0.2, 0.25) is 9.84 Å². The average molecular weight is 620 g/mol. The summed E-state index contributed by atoms with van der Waals surface area (Å²) in [5.41, 5.74) is 0. The number of esters is 2. The standard InChI is InChI=1S/C25H25Cl3N2O8S/c1-16(31)37-19(11-26)13-36-25-23(27)9-22(10-24(25)28)39(33,34)21-5-3-18(4-6-21)35-14-20(38-17(2)32)12-30-8-7-29-15-30/h3-10,15,19-20H,11-14H2,1-2H3/t19-,20-/m1/s1. The van der Waals surface area contributed by atoms with Gasteiger partial charge in [-0.3, -0.25) is 9.59 Å². The van der Waals surface area contributed by atoms with E-state index in [4.69, 9.17) is 53.8 Å². The second-order valence-corrected chi connectivity index (χ2v) is 11.3. The highest BCUT2D eigenvalue weighted by Gasteiger charge is 2.23. The van der Waals surface area contributed by atoms with Crippen LogP contribution in [0.25, 0.3) is 0 Å². The first kappa shape index (κ1) is 30.6. The van der Waals surface area contributed by atoms with E-state index in [1.54, 1.807) is 23.3 Å².